The fourth-order valence-electron chi connectivity index (χ4n) is 3.11. The Hall–Kier alpha value is -1.91. The summed E-state index contributed by atoms with van der Waals surface area (Å²) in [4.78, 5) is 14.0. The number of nitrogens with one attached hydrogen (secondary N) is 1. The van der Waals surface area contributed by atoms with Crippen molar-refractivity contribution in [3.05, 3.63) is 29.5 Å². The van der Waals surface area contributed by atoms with Crippen molar-refractivity contribution in [2.75, 3.05) is 25.0 Å². The van der Waals surface area contributed by atoms with E-state index in [1.165, 1.54) is 25.7 Å². The fraction of sp³-hybridized carbons (Fsp3) is 0.588. The summed E-state index contributed by atoms with van der Waals surface area (Å²) in [5.74, 6) is 0.748. The number of aromatic nitrogens is 2. The van der Waals surface area contributed by atoms with E-state index in [4.69, 9.17) is 0 Å². The number of rotatable bonds is 5. The number of amides is 1. The summed E-state index contributed by atoms with van der Waals surface area (Å²) >= 11 is 0. The summed E-state index contributed by atoms with van der Waals surface area (Å²) in [5, 5.41) is 11.5. The Kier molecular flexibility index (Phi) is 5.03. The predicted octanol–water partition coefficient (Wildman–Crippen LogP) is 3.02. The molecule has 0 aromatic carbocycles. The van der Waals surface area contributed by atoms with Gasteiger partial charge < -0.3 is 10.2 Å². The molecule has 0 bridgehead atoms. The van der Waals surface area contributed by atoms with Crippen molar-refractivity contribution in [1.82, 2.24) is 15.1 Å². The van der Waals surface area contributed by atoms with Crippen LogP contribution in [0.4, 0.5) is 5.82 Å². The van der Waals surface area contributed by atoms with Gasteiger partial charge in [-0.2, -0.15) is 0 Å². The van der Waals surface area contributed by atoms with Gasteiger partial charge in [-0.15, -0.1) is 10.2 Å². The topological polar surface area (TPSA) is 58.1 Å². The molecule has 0 radical (unpaired) electrons. The highest BCUT2D eigenvalue weighted by molar-refractivity contribution is 5.92. The standard InChI is InChI=1S/C17H24N4O/c22-17(21-12-4-5-13-21)15-8-9-16(20-19-15)18-11-10-14-6-2-1-3-7-14/h6,8-9H,1-5,7,10-13H2,(H,18,20). The summed E-state index contributed by atoms with van der Waals surface area (Å²) < 4.78 is 0. The number of carbonyl (C=O) groups excluding carboxylic acids is 1. The van der Waals surface area contributed by atoms with E-state index in [1.54, 1.807) is 11.6 Å². The maximum absolute atomic E-state index is 12.2. The van der Waals surface area contributed by atoms with Gasteiger partial charge in [-0.05, 0) is 57.1 Å². The van der Waals surface area contributed by atoms with Crippen LogP contribution in [0.5, 0.6) is 0 Å². The summed E-state index contributed by atoms with van der Waals surface area (Å²) in [7, 11) is 0. The van der Waals surface area contributed by atoms with Crippen molar-refractivity contribution in [2.45, 2.75) is 44.9 Å². The van der Waals surface area contributed by atoms with Crippen molar-refractivity contribution in [2.24, 2.45) is 0 Å². The maximum Gasteiger partial charge on any atom is 0.274 e. The second-order valence-electron chi connectivity index (χ2n) is 6.09. The van der Waals surface area contributed by atoms with Gasteiger partial charge in [0.2, 0.25) is 0 Å². The van der Waals surface area contributed by atoms with Crippen LogP contribution < -0.4 is 5.32 Å². The normalized spacial score (nSPS) is 18.2. The Morgan fingerprint density at radius 1 is 1.14 bits per heavy atom. The number of hydrogen-bond acceptors (Lipinski definition) is 4. The summed E-state index contributed by atoms with van der Waals surface area (Å²) in [6.45, 7) is 2.56. The molecule has 1 amide bonds. The van der Waals surface area contributed by atoms with E-state index < -0.39 is 0 Å². The minimum Gasteiger partial charge on any atom is -0.368 e. The second kappa shape index (κ2) is 7.38. The molecule has 118 valence electrons. The van der Waals surface area contributed by atoms with Crippen LogP contribution in [0.1, 0.15) is 55.4 Å². The maximum atomic E-state index is 12.2. The van der Waals surface area contributed by atoms with E-state index in [0.29, 0.717) is 5.69 Å². The third-order valence-electron chi connectivity index (χ3n) is 4.41. The molecule has 1 N–H and O–H groups in total. The van der Waals surface area contributed by atoms with Crippen molar-refractivity contribution in [3.8, 4) is 0 Å². The number of anilines is 1. The lowest BCUT2D eigenvalue weighted by molar-refractivity contribution is 0.0786. The molecule has 5 nitrogen and oxygen atoms in total. The summed E-state index contributed by atoms with van der Waals surface area (Å²) in [6.07, 6.45) is 10.7. The quantitative estimate of drug-likeness (QED) is 0.849. The third-order valence-corrected chi connectivity index (χ3v) is 4.41. The molecule has 1 aliphatic carbocycles. The Morgan fingerprint density at radius 2 is 2.00 bits per heavy atom. The Morgan fingerprint density at radius 3 is 2.68 bits per heavy atom. The Bertz CT molecular complexity index is 532. The number of hydrogen-bond donors (Lipinski definition) is 1. The lowest BCUT2D eigenvalue weighted by Crippen LogP contribution is -2.28. The summed E-state index contributed by atoms with van der Waals surface area (Å²) in [6, 6.07) is 3.63. The molecule has 2 heterocycles. The smallest absolute Gasteiger partial charge is 0.274 e. The predicted molar refractivity (Wildman–Crippen MR) is 86.8 cm³/mol. The van der Waals surface area contributed by atoms with Crippen LogP contribution in [0, 0.1) is 0 Å². The molecule has 0 unspecified atom stereocenters. The average Bonchev–Trinajstić information content (AvgIpc) is 3.10. The molecule has 0 spiro atoms. The molecule has 0 atom stereocenters. The van der Waals surface area contributed by atoms with Gasteiger partial charge in [0.05, 0.1) is 0 Å². The largest absolute Gasteiger partial charge is 0.368 e. The van der Waals surface area contributed by atoms with Gasteiger partial charge in [-0.1, -0.05) is 11.6 Å². The van der Waals surface area contributed by atoms with Gasteiger partial charge in [-0.3, -0.25) is 4.79 Å². The van der Waals surface area contributed by atoms with Gasteiger partial charge in [-0.25, -0.2) is 0 Å². The van der Waals surface area contributed by atoms with Gasteiger partial charge in [0.25, 0.3) is 5.91 Å². The van der Waals surface area contributed by atoms with Gasteiger partial charge in [0, 0.05) is 19.6 Å². The first-order chi connectivity index (χ1) is 10.8. The first-order valence-electron chi connectivity index (χ1n) is 8.38. The monoisotopic (exact) mass is 300 g/mol. The van der Waals surface area contributed by atoms with E-state index in [2.05, 4.69) is 21.6 Å². The highest BCUT2D eigenvalue weighted by Crippen LogP contribution is 2.20. The van der Waals surface area contributed by atoms with Crippen LogP contribution >= 0.6 is 0 Å². The molecule has 1 saturated heterocycles. The van der Waals surface area contributed by atoms with Gasteiger partial charge >= 0.3 is 0 Å². The SMILES string of the molecule is O=C(c1ccc(NCCC2=CCCCC2)nn1)N1CCCC1. The molecular weight excluding hydrogens is 276 g/mol. The van der Waals surface area contributed by atoms with Gasteiger partial charge in [0.15, 0.2) is 5.69 Å². The van der Waals surface area contributed by atoms with Gasteiger partial charge in [0.1, 0.15) is 5.82 Å². The zero-order valence-corrected chi connectivity index (χ0v) is 13.1. The molecular formula is C17H24N4O. The van der Waals surface area contributed by atoms with Crippen LogP contribution in [0.2, 0.25) is 0 Å². The van der Waals surface area contributed by atoms with E-state index in [-0.39, 0.29) is 5.91 Å². The van der Waals surface area contributed by atoms with Crippen molar-refractivity contribution in [1.29, 1.82) is 0 Å². The Balaban J connectivity index is 1.48. The first-order valence-corrected chi connectivity index (χ1v) is 8.38. The van der Waals surface area contributed by atoms with Crippen LogP contribution in [0.25, 0.3) is 0 Å². The molecule has 0 saturated carbocycles. The lowest BCUT2D eigenvalue weighted by Gasteiger charge is -2.14. The molecule has 1 aromatic heterocycles. The molecule has 2 aliphatic rings. The van der Waals surface area contributed by atoms with Crippen molar-refractivity contribution < 1.29 is 4.79 Å². The van der Waals surface area contributed by atoms with E-state index in [0.717, 1.165) is 44.7 Å². The molecule has 3 rings (SSSR count). The molecule has 1 aliphatic heterocycles. The van der Waals surface area contributed by atoms with Crippen molar-refractivity contribution >= 4 is 11.7 Å². The lowest BCUT2D eigenvalue weighted by atomic mass is 9.97. The second-order valence-corrected chi connectivity index (χ2v) is 6.09. The molecule has 1 fully saturated rings. The van der Waals surface area contributed by atoms with Crippen LogP contribution in [-0.2, 0) is 0 Å². The zero-order chi connectivity index (χ0) is 15.2. The minimum atomic E-state index is 0.00362. The first kappa shape index (κ1) is 15.0. The highest BCUT2D eigenvalue weighted by atomic mass is 16.2. The highest BCUT2D eigenvalue weighted by Gasteiger charge is 2.20. The van der Waals surface area contributed by atoms with E-state index in [9.17, 15) is 4.79 Å². The average molecular weight is 300 g/mol. The fourth-order valence-corrected chi connectivity index (χ4v) is 3.11. The van der Waals surface area contributed by atoms with E-state index in [1.807, 2.05) is 11.0 Å². The van der Waals surface area contributed by atoms with E-state index >= 15 is 0 Å². The van der Waals surface area contributed by atoms with Crippen LogP contribution in [0.15, 0.2) is 23.8 Å². The number of allylic oxidation sites excluding steroid dienone is 1. The summed E-state index contributed by atoms with van der Waals surface area (Å²) in [5.41, 5.74) is 2.00. The molecule has 5 heteroatoms. The third kappa shape index (κ3) is 3.84. The number of likely N-dealkylation sites (tertiary alicyclic amines) is 1. The van der Waals surface area contributed by atoms with Crippen LogP contribution in [-0.4, -0.2) is 40.6 Å². The number of carbonyl (C=O) groups is 1. The minimum absolute atomic E-state index is 0.00362. The van der Waals surface area contributed by atoms with Crippen molar-refractivity contribution in [3.63, 3.8) is 0 Å². The molecule has 1 aromatic rings. The Labute approximate surface area is 131 Å². The van der Waals surface area contributed by atoms with Crippen LogP contribution in [0.3, 0.4) is 0 Å². The number of nitrogens with zero attached hydrogens (tertiary/aromatic N) is 3. The molecule has 22 heavy (non-hydrogen) atoms. The zero-order valence-electron chi connectivity index (χ0n) is 13.1.